The molecule has 0 aliphatic carbocycles. The fourth-order valence-electron chi connectivity index (χ4n) is 1.57. The molecule has 0 bridgehead atoms. The molecule has 0 unspecified atom stereocenters. The van der Waals surface area contributed by atoms with Gasteiger partial charge in [-0.2, -0.15) is 0 Å². The van der Waals surface area contributed by atoms with Crippen LogP contribution in [0.2, 0.25) is 0 Å². The number of halogens is 1. The Morgan fingerprint density at radius 3 is 2.76 bits per heavy atom. The Kier molecular flexibility index (Phi) is 5.00. The van der Waals surface area contributed by atoms with Crippen LogP contribution in [0.5, 0.6) is 5.75 Å². The number of phenolic OH excluding ortho intramolecular Hbond substituents is 1. The fraction of sp³-hybridized carbons (Fsp3) is 0.462. The average Bonchev–Trinajstić information content (AvgIpc) is 2.15. The van der Waals surface area contributed by atoms with Gasteiger partial charge in [-0.1, -0.05) is 28.1 Å². The lowest BCUT2D eigenvalue weighted by Gasteiger charge is -2.25. The minimum atomic E-state index is -0.211. The summed E-state index contributed by atoms with van der Waals surface area (Å²) in [6.45, 7) is 3.99. The van der Waals surface area contributed by atoms with E-state index in [0.29, 0.717) is 6.42 Å². The minimum absolute atomic E-state index is 0.0263. The molecule has 0 aliphatic rings. The Morgan fingerprint density at radius 2 is 2.18 bits per heavy atom. The van der Waals surface area contributed by atoms with Gasteiger partial charge in [0.05, 0.1) is 6.42 Å². The van der Waals surface area contributed by atoms with E-state index >= 15 is 0 Å². The lowest BCUT2D eigenvalue weighted by atomic mass is 10.0. The van der Waals surface area contributed by atoms with Gasteiger partial charge in [-0.05, 0) is 38.0 Å². The van der Waals surface area contributed by atoms with Crippen LogP contribution in [0.15, 0.2) is 24.3 Å². The molecule has 17 heavy (non-hydrogen) atoms. The largest absolute Gasteiger partial charge is 0.508 e. The lowest BCUT2D eigenvalue weighted by molar-refractivity contribution is -0.122. The zero-order valence-electron chi connectivity index (χ0n) is 10.2. The molecule has 1 amide bonds. The molecule has 0 saturated heterocycles. The second-order valence-electron chi connectivity index (χ2n) is 4.72. The normalized spacial score (nSPS) is 11.2. The zero-order valence-corrected chi connectivity index (χ0v) is 11.8. The molecule has 94 valence electrons. The van der Waals surface area contributed by atoms with Crippen molar-refractivity contribution in [3.8, 4) is 5.75 Å². The summed E-state index contributed by atoms with van der Waals surface area (Å²) in [4.78, 5) is 11.8. The molecular formula is C13H18BrNO2. The third-order valence-electron chi connectivity index (χ3n) is 2.47. The predicted molar refractivity (Wildman–Crippen MR) is 72.4 cm³/mol. The Morgan fingerprint density at radius 1 is 1.47 bits per heavy atom. The molecule has 4 heteroatoms. The first-order valence-electron chi connectivity index (χ1n) is 5.58. The number of phenols is 1. The fourth-order valence-corrected chi connectivity index (χ4v) is 2.56. The van der Waals surface area contributed by atoms with Crippen LogP contribution in [0, 0.1) is 0 Å². The zero-order chi connectivity index (χ0) is 12.9. The van der Waals surface area contributed by atoms with Crippen LogP contribution in [0.4, 0.5) is 0 Å². The summed E-state index contributed by atoms with van der Waals surface area (Å²) >= 11 is 3.37. The molecule has 0 aliphatic heterocycles. The summed E-state index contributed by atoms with van der Waals surface area (Å²) in [5.41, 5.74) is 0.606. The van der Waals surface area contributed by atoms with Crippen molar-refractivity contribution in [1.29, 1.82) is 0 Å². The maximum Gasteiger partial charge on any atom is 0.224 e. The van der Waals surface area contributed by atoms with Crippen LogP contribution in [0.25, 0.3) is 0 Å². The molecule has 1 aromatic rings. The van der Waals surface area contributed by atoms with Crippen LogP contribution in [-0.2, 0) is 11.2 Å². The van der Waals surface area contributed by atoms with E-state index in [4.69, 9.17) is 0 Å². The van der Waals surface area contributed by atoms with Gasteiger partial charge < -0.3 is 10.4 Å². The van der Waals surface area contributed by atoms with Crippen molar-refractivity contribution >= 4 is 21.8 Å². The molecule has 2 N–H and O–H groups in total. The molecule has 3 nitrogen and oxygen atoms in total. The van der Waals surface area contributed by atoms with E-state index in [0.717, 1.165) is 17.3 Å². The number of nitrogens with one attached hydrogen (secondary N) is 1. The Balaban J connectivity index is 2.55. The van der Waals surface area contributed by atoms with Gasteiger partial charge in [-0.15, -0.1) is 0 Å². The molecule has 0 heterocycles. The summed E-state index contributed by atoms with van der Waals surface area (Å²) in [6, 6.07) is 6.77. The Bertz CT molecular complexity index is 391. The maximum absolute atomic E-state index is 11.8. The number of benzene rings is 1. The van der Waals surface area contributed by atoms with Crippen molar-refractivity contribution in [3.05, 3.63) is 29.8 Å². The molecule has 0 aromatic heterocycles. The van der Waals surface area contributed by atoms with E-state index < -0.39 is 0 Å². The first-order valence-corrected chi connectivity index (χ1v) is 6.70. The summed E-state index contributed by atoms with van der Waals surface area (Å²) in [6.07, 6.45) is 1.17. The van der Waals surface area contributed by atoms with Crippen molar-refractivity contribution in [2.75, 3.05) is 5.33 Å². The third kappa shape index (κ3) is 5.22. The van der Waals surface area contributed by atoms with Crippen molar-refractivity contribution in [1.82, 2.24) is 5.32 Å². The minimum Gasteiger partial charge on any atom is -0.508 e. The van der Waals surface area contributed by atoms with E-state index in [-0.39, 0.29) is 17.2 Å². The van der Waals surface area contributed by atoms with Crippen LogP contribution in [0.1, 0.15) is 25.8 Å². The number of rotatable bonds is 5. The number of carbonyl (C=O) groups is 1. The highest BCUT2D eigenvalue weighted by molar-refractivity contribution is 9.09. The van der Waals surface area contributed by atoms with Crippen LogP contribution in [0.3, 0.4) is 0 Å². The summed E-state index contributed by atoms with van der Waals surface area (Å²) in [5, 5.41) is 13.1. The predicted octanol–water partition coefficient (Wildman–Crippen LogP) is 2.61. The smallest absolute Gasteiger partial charge is 0.224 e. The monoisotopic (exact) mass is 299 g/mol. The van der Waals surface area contributed by atoms with Gasteiger partial charge in [0.25, 0.3) is 0 Å². The molecule has 0 spiro atoms. The van der Waals surface area contributed by atoms with E-state index in [1.54, 1.807) is 18.2 Å². The second-order valence-corrected chi connectivity index (χ2v) is 5.51. The van der Waals surface area contributed by atoms with Crippen LogP contribution >= 0.6 is 15.9 Å². The van der Waals surface area contributed by atoms with E-state index in [1.165, 1.54) is 0 Å². The van der Waals surface area contributed by atoms with Gasteiger partial charge in [-0.25, -0.2) is 0 Å². The van der Waals surface area contributed by atoms with Crippen LogP contribution < -0.4 is 5.32 Å². The standard InChI is InChI=1S/C13H18BrNO2/c1-13(2,6-7-14)15-12(17)9-10-4-3-5-11(16)8-10/h3-5,8,16H,6-7,9H2,1-2H3,(H,15,17). The van der Waals surface area contributed by atoms with Gasteiger partial charge in [0.2, 0.25) is 5.91 Å². The first kappa shape index (κ1) is 14.0. The van der Waals surface area contributed by atoms with Gasteiger partial charge in [0.1, 0.15) is 5.75 Å². The molecule has 1 rings (SSSR count). The maximum atomic E-state index is 11.8. The topological polar surface area (TPSA) is 49.3 Å². The average molecular weight is 300 g/mol. The number of alkyl halides is 1. The van der Waals surface area contributed by atoms with Crippen molar-refractivity contribution in [2.45, 2.75) is 32.2 Å². The van der Waals surface area contributed by atoms with E-state index in [2.05, 4.69) is 21.2 Å². The number of amides is 1. The molecule has 0 radical (unpaired) electrons. The number of hydrogen-bond acceptors (Lipinski definition) is 2. The highest BCUT2D eigenvalue weighted by Gasteiger charge is 2.19. The number of hydrogen-bond donors (Lipinski definition) is 2. The molecule has 1 aromatic carbocycles. The number of carbonyl (C=O) groups excluding carboxylic acids is 1. The molecule has 0 fully saturated rings. The Labute approximate surface area is 110 Å². The summed E-state index contributed by atoms with van der Waals surface area (Å²) in [5.74, 6) is 0.163. The Hall–Kier alpha value is -1.03. The third-order valence-corrected chi connectivity index (χ3v) is 2.87. The summed E-state index contributed by atoms with van der Waals surface area (Å²) < 4.78 is 0. The van der Waals surface area contributed by atoms with Gasteiger partial charge >= 0.3 is 0 Å². The van der Waals surface area contributed by atoms with Crippen LogP contribution in [-0.4, -0.2) is 21.9 Å². The lowest BCUT2D eigenvalue weighted by Crippen LogP contribution is -2.44. The van der Waals surface area contributed by atoms with E-state index in [9.17, 15) is 9.90 Å². The molecule has 0 saturated carbocycles. The quantitative estimate of drug-likeness (QED) is 0.821. The highest BCUT2D eigenvalue weighted by Crippen LogP contribution is 2.13. The van der Waals surface area contributed by atoms with E-state index in [1.807, 2.05) is 19.9 Å². The van der Waals surface area contributed by atoms with Gasteiger partial charge in [0.15, 0.2) is 0 Å². The summed E-state index contributed by atoms with van der Waals surface area (Å²) in [7, 11) is 0. The highest BCUT2D eigenvalue weighted by atomic mass is 79.9. The molecule has 0 atom stereocenters. The number of aromatic hydroxyl groups is 1. The second kappa shape index (κ2) is 6.05. The van der Waals surface area contributed by atoms with Gasteiger partial charge in [0, 0.05) is 10.9 Å². The van der Waals surface area contributed by atoms with Crippen molar-refractivity contribution in [3.63, 3.8) is 0 Å². The van der Waals surface area contributed by atoms with Crippen molar-refractivity contribution in [2.24, 2.45) is 0 Å². The van der Waals surface area contributed by atoms with Gasteiger partial charge in [-0.3, -0.25) is 4.79 Å². The first-order chi connectivity index (χ1) is 7.93. The SMILES string of the molecule is CC(C)(CCBr)NC(=O)Cc1cccc(O)c1. The molecular weight excluding hydrogens is 282 g/mol. The van der Waals surface area contributed by atoms with Crippen molar-refractivity contribution < 1.29 is 9.90 Å².